The van der Waals surface area contributed by atoms with Crippen molar-refractivity contribution in [2.45, 2.75) is 107 Å². The Hall–Kier alpha value is -14.0. The van der Waals surface area contributed by atoms with Gasteiger partial charge in [0.15, 0.2) is 11.6 Å². The van der Waals surface area contributed by atoms with Crippen LogP contribution in [-0.4, -0.2) is 109 Å². The number of hydrogen-bond acceptors (Lipinski definition) is 22. The highest BCUT2D eigenvalue weighted by atomic mass is 16.3. The van der Waals surface area contributed by atoms with Crippen LogP contribution < -0.4 is 82.2 Å². The zero-order chi connectivity index (χ0) is 83.8. The van der Waals surface area contributed by atoms with Crippen LogP contribution in [0.25, 0.3) is 93.1 Å². The topological polar surface area (TPSA) is 169 Å². The van der Waals surface area contributed by atoms with Crippen LogP contribution >= 0.6 is 0 Å². The maximum Gasteiger partial charge on any atom is 0.306 e. The van der Waals surface area contributed by atoms with Crippen molar-refractivity contribution in [2.75, 3.05) is 46.6 Å². The summed E-state index contributed by atoms with van der Waals surface area (Å²) < 4.78 is 48.3. The Balaban J connectivity index is 0.000000104. The lowest BCUT2D eigenvalue weighted by atomic mass is 9.63. The number of rotatable bonds is 7. The number of anilines is 11. The molecule has 0 unspecified atom stereocenters. The number of aryl methyl sites for hydroxylation is 4. The van der Waals surface area contributed by atoms with Gasteiger partial charge in [-0.2, -0.15) is 0 Å². The first kappa shape index (κ1) is 70.4. The minimum atomic E-state index is -2.23. The summed E-state index contributed by atoms with van der Waals surface area (Å²) >= 11 is 0. The van der Waals surface area contributed by atoms with Crippen LogP contribution in [0.15, 0.2) is 242 Å². The van der Waals surface area contributed by atoms with Gasteiger partial charge >= 0.3 is 27.4 Å². The number of nitrogens with zero attached hydrogens (tertiary/aromatic N) is 18. The van der Waals surface area contributed by atoms with Crippen LogP contribution in [0.4, 0.5) is 62.8 Å². The fraction of sp³-hybridized carbons (Fsp3) is 0.183. The van der Waals surface area contributed by atoms with E-state index < -0.39 is 6.98 Å². The highest BCUT2D eigenvalue weighted by Crippen LogP contribution is 2.48. The van der Waals surface area contributed by atoms with Gasteiger partial charge in [0.05, 0.1) is 28.4 Å². The quantitative estimate of drug-likeness (QED) is 0.138. The summed E-state index contributed by atoms with van der Waals surface area (Å²) in [5.41, 5.74) is 19.6. The van der Waals surface area contributed by atoms with E-state index in [4.69, 9.17) is 31.7 Å². The first-order valence-corrected chi connectivity index (χ1v) is 40.7. The molecule has 8 aliphatic heterocycles. The number of hydrogen-bond donors (Lipinski definition) is 0. The number of benzene rings is 5. The third kappa shape index (κ3) is 12.5. The summed E-state index contributed by atoms with van der Waals surface area (Å²) in [4.78, 5) is 45.2. The van der Waals surface area contributed by atoms with Crippen LogP contribution in [0.1, 0.15) is 54.6 Å². The van der Waals surface area contributed by atoms with E-state index in [1.54, 1.807) is 0 Å². The van der Waals surface area contributed by atoms with Crippen LogP contribution in [0.5, 0.6) is 0 Å². The molecule has 0 radical (unpaired) electrons. The molecule has 0 amide bonds. The van der Waals surface area contributed by atoms with Crippen molar-refractivity contribution in [3.8, 4) is 0 Å². The predicted molar refractivity (Wildman–Crippen MR) is 485 cm³/mol. The van der Waals surface area contributed by atoms with Crippen molar-refractivity contribution in [3.63, 3.8) is 0 Å². The Kier molecular flexibility index (Phi) is 17.3. The number of furan rings is 4. The summed E-state index contributed by atoms with van der Waals surface area (Å²) in [6.45, 7) is 23.2. The molecule has 26 heteroatoms. The number of pyridine rings is 6. The minimum absolute atomic E-state index is 0.0174. The first-order valence-electron chi connectivity index (χ1n) is 42.2. The highest BCUT2D eigenvalue weighted by Gasteiger charge is 2.44. The Morgan fingerprint density at radius 2 is 0.605 bits per heavy atom. The Morgan fingerprint density at radius 3 is 1.02 bits per heavy atom. The van der Waals surface area contributed by atoms with E-state index in [2.05, 4.69) is 293 Å². The monoisotopic (exact) mass is 1570 g/mol. The van der Waals surface area contributed by atoms with Crippen molar-refractivity contribution in [2.24, 2.45) is 0 Å². The molecule has 23 rings (SSSR count). The maximum atomic E-state index is 8.04. The summed E-state index contributed by atoms with van der Waals surface area (Å²) in [5.74, 6) is 10.5. The Labute approximate surface area is 694 Å². The molecule has 10 aromatic heterocycles. The van der Waals surface area contributed by atoms with E-state index in [1.165, 1.54) is 22.0 Å². The number of aromatic nitrogens is 6. The molecule has 0 spiro atoms. The van der Waals surface area contributed by atoms with E-state index in [1.807, 2.05) is 137 Å². The van der Waals surface area contributed by atoms with Gasteiger partial charge in [0.1, 0.15) is 52.0 Å². The summed E-state index contributed by atoms with van der Waals surface area (Å²) in [6, 6.07) is 72.4. The van der Waals surface area contributed by atoms with Gasteiger partial charge in [-0.15, -0.1) is 0 Å². The lowest BCUT2D eigenvalue weighted by molar-refractivity contribution is 0.489. The van der Waals surface area contributed by atoms with Gasteiger partial charge < -0.3 is 56.9 Å². The molecule has 0 saturated carbocycles. The maximum absolute atomic E-state index is 8.04. The molecule has 0 bridgehead atoms. The number of hydrazine groups is 4. The van der Waals surface area contributed by atoms with Crippen LogP contribution in [-0.2, 0) is 0 Å². The van der Waals surface area contributed by atoms with Crippen molar-refractivity contribution < 1.29 is 21.8 Å². The molecule has 586 valence electrons. The van der Waals surface area contributed by atoms with Gasteiger partial charge in [-0.05, 0) is 213 Å². The van der Waals surface area contributed by atoms with Gasteiger partial charge in [-0.25, -0.2) is 29.9 Å². The van der Waals surface area contributed by atoms with Crippen molar-refractivity contribution in [1.29, 1.82) is 0 Å². The summed E-state index contributed by atoms with van der Waals surface area (Å²) in [7, 11) is 0. The molecular weight excluding hydrogens is 1480 g/mol. The zero-order valence-corrected chi connectivity index (χ0v) is 68.3. The van der Waals surface area contributed by atoms with E-state index in [0.29, 0.717) is 28.5 Å². The van der Waals surface area contributed by atoms with E-state index >= 15 is 0 Å². The van der Waals surface area contributed by atoms with Crippen molar-refractivity contribution in [1.82, 2.24) is 49.6 Å². The van der Waals surface area contributed by atoms with Crippen molar-refractivity contribution in [3.05, 3.63) is 290 Å². The third-order valence-corrected chi connectivity index (χ3v) is 23.6. The summed E-state index contributed by atoms with van der Waals surface area (Å²) in [6.07, 6.45) is 12.2. The molecule has 18 heterocycles. The molecule has 0 fully saturated rings. The number of para-hydroxylation sites is 7. The molecular formula is C93H88B4N18O4. The van der Waals surface area contributed by atoms with Gasteiger partial charge in [-0.1, -0.05) is 106 Å². The SMILES string of the molecule is CB1C=c2oc3nc(C)ccc3c2=CN1N1c2ccccc2N(c2ccccc2)[C@@H]1C.CB1C=c2oc3nc(C)ccc3c2=CN1N1c2cccnc2N(c2ccccc2)[C@@H]1C.CB1C=c2oc3nc(C)ccc3c2=CN1N1c2ncccc2N(c2ccccc2)[C@@H]1C.[2H]C([2H])([2H])N1c2ccccc2N(N2C=c3c(oc4nc(C)ccc34)=CB2C)[C@H]1C. The zero-order valence-electron chi connectivity index (χ0n) is 71.3. The van der Waals surface area contributed by atoms with E-state index in [-0.39, 0.29) is 52.1 Å². The number of fused-ring (bicyclic) bond motifs is 16. The molecule has 15 aromatic rings. The fourth-order valence-electron chi connectivity index (χ4n) is 18.0. The smallest absolute Gasteiger partial charge is 0.306 e. The normalized spacial score (nSPS) is 18.2. The molecule has 119 heavy (non-hydrogen) atoms. The average Bonchev–Trinajstić information content (AvgIpc) is 1.61. The van der Waals surface area contributed by atoms with Gasteiger partial charge in [0, 0.05) is 131 Å². The largest absolute Gasteiger partial charge is 0.439 e. The molecule has 0 N–H and O–H groups in total. The fourth-order valence-corrected chi connectivity index (χ4v) is 18.0. The van der Waals surface area contributed by atoms with Crippen molar-refractivity contribution >= 4 is 183 Å². The third-order valence-electron chi connectivity index (χ3n) is 23.6. The molecule has 22 nitrogen and oxygen atoms in total. The second-order valence-corrected chi connectivity index (χ2v) is 31.5. The standard InChI is InChI=1S/C25H23BN4O.2C24H22BN5O.C20H21BN4O/c1-17-13-14-20-21-16-28(26(3)15-24(21)31-25(20)27-17)30-18(2)29(19-9-5-4-6-10-19)22-11-7-8-12-23(22)30;1-16-11-12-19-20-15-28(25(3)14-22(20)31-24(19)27-16)30-17(2)29(18-8-5-4-6-9-18)23-21(30)10-7-13-26-23;1-16-11-12-19-20-15-28(25(3)14-22(20)31-24(19)27-16)30-17(2)29(18-8-5-4-6-9-18)21-10-7-13-26-23(21)30;1-13-9-10-15-16-12-24(21(3)11-19(16)26-20(15)22-13)25-14(2)23(4)17-7-5-6-8-18(17)25/h4-16,18H,1-3H3;2*4-15,17H,1-3H3;5-12,14H,1-4H3/t18-;2*17-;14-/m0000/s1/i;;;4D3. The van der Waals surface area contributed by atoms with Crippen LogP contribution in [0.2, 0.25) is 27.3 Å². The minimum Gasteiger partial charge on any atom is -0.439 e. The van der Waals surface area contributed by atoms with Gasteiger partial charge in [0.2, 0.25) is 22.9 Å². The van der Waals surface area contributed by atoms with Crippen LogP contribution in [0.3, 0.4) is 0 Å². The average molecular weight is 1570 g/mol. The summed E-state index contributed by atoms with van der Waals surface area (Å²) in [5, 5.41) is 17.3. The molecule has 4 atom stereocenters. The molecule has 0 saturated heterocycles. The lowest BCUT2D eigenvalue weighted by Crippen LogP contribution is -2.55. The Bertz CT molecular complexity index is 6670. The highest BCUT2D eigenvalue weighted by molar-refractivity contribution is 6.72. The van der Waals surface area contributed by atoms with E-state index in [9.17, 15) is 0 Å². The van der Waals surface area contributed by atoms with Crippen LogP contribution in [0, 0.1) is 27.7 Å². The molecule has 8 aliphatic rings. The predicted octanol–water partition coefficient (Wildman–Crippen LogP) is 13.3. The van der Waals surface area contributed by atoms with Gasteiger partial charge in [-0.3, -0.25) is 20.0 Å². The second-order valence-electron chi connectivity index (χ2n) is 31.5. The molecule has 0 aliphatic carbocycles. The second kappa shape index (κ2) is 29.3. The first-order chi connectivity index (χ1) is 59.1. The molecule has 5 aromatic carbocycles. The van der Waals surface area contributed by atoms with Gasteiger partial charge in [0.25, 0.3) is 0 Å². The Morgan fingerprint density at radius 1 is 0.303 bits per heavy atom. The van der Waals surface area contributed by atoms with E-state index in [0.717, 1.165) is 127 Å². The lowest BCUT2D eigenvalue weighted by Gasteiger charge is -2.40.